The highest BCUT2D eigenvalue weighted by molar-refractivity contribution is 6.33. The van der Waals surface area contributed by atoms with Crippen molar-refractivity contribution in [1.29, 1.82) is 0 Å². The third-order valence-corrected chi connectivity index (χ3v) is 5.32. The van der Waals surface area contributed by atoms with Crippen LogP contribution in [0.1, 0.15) is 32.1 Å². The summed E-state index contributed by atoms with van der Waals surface area (Å²) in [4.78, 5) is 16.7. The van der Waals surface area contributed by atoms with Gasteiger partial charge in [-0.05, 0) is 37.1 Å². The summed E-state index contributed by atoms with van der Waals surface area (Å²) in [6.45, 7) is -0.0565. The standard InChI is InChI=1S/C22H22ClN3O3/c23-18-12-6-4-10-16(18)21-25-22(29-26-21)17-11-5-7-13-19(17)28-14-20(27)24-15-8-2-1-3-9-15/h4-7,10-13,15H,1-3,8-9,14H2,(H,24,27). The lowest BCUT2D eigenvalue weighted by Gasteiger charge is -2.22. The summed E-state index contributed by atoms with van der Waals surface area (Å²) in [5, 5.41) is 7.63. The highest BCUT2D eigenvalue weighted by atomic mass is 35.5. The maximum absolute atomic E-state index is 12.3. The van der Waals surface area contributed by atoms with Gasteiger partial charge in [-0.1, -0.05) is 60.3 Å². The van der Waals surface area contributed by atoms with Crippen LogP contribution in [0, 0.1) is 0 Å². The van der Waals surface area contributed by atoms with Gasteiger partial charge in [-0.3, -0.25) is 4.79 Å². The highest BCUT2D eigenvalue weighted by Crippen LogP contribution is 2.32. The molecule has 7 heteroatoms. The lowest BCUT2D eigenvalue weighted by molar-refractivity contribution is -0.124. The summed E-state index contributed by atoms with van der Waals surface area (Å²) < 4.78 is 11.2. The first-order chi connectivity index (χ1) is 14.2. The van der Waals surface area contributed by atoms with Crippen molar-refractivity contribution in [1.82, 2.24) is 15.5 Å². The zero-order chi connectivity index (χ0) is 20.1. The van der Waals surface area contributed by atoms with E-state index in [9.17, 15) is 4.79 Å². The fourth-order valence-electron chi connectivity index (χ4n) is 3.51. The molecular weight excluding hydrogens is 390 g/mol. The molecule has 2 aromatic carbocycles. The van der Waals surface area contributed by atoms with Crippen LogP contribution in [0.2, 0.25) is 5.02 Å². The Kier molecular flexibility index (Phi) is 6.10. The molecule has 1 aliphatic rings. The van der Waals surface area contributed by atoms with Crippen molar-refractivity contribution >= 4 is 17.5 Å². The maximum atomic E-state index is 12.3. The number of carbonyl (C=O) groups excluding carboxylic acids is 1. The van der Waals surface area contributed by atoms with Crippen molar-refractivity contribution in [3.05, 3.63) is 53.6 Å². The van der Waals surface area contributed by atoms with Crippen molar-refractivity contribution in [3.8, 4) is 28.6 Å². The fraction of sp³-hybridized carbons (Fsp3) is 0.318. The quantitative estimate of drug-likeness (QED) is 0.625. The Labute approximate surface area is 174 Å². The normalized spacial score (nSPS) is 14.5. The minimum absolute atomic E-state index is 0.0565. The van der Waals surface area contributed by atoms with E-state index in [1.165, 1.54) is 19.3 Å². The third-order valence-electron chi connectivity index (χ3n) is 4.99. The van der Waals surface area contributed by atoms with Gasteiger partial charge in [0.05, 0.1) is 10.6 Å². The van der Waals surface area contributed by atoms with Crippen molar-refractivity contribution in [2.45, 2.75) is 38.1 Å². The molecule has 0 unspecified atom stereocenters. The van der Waals surface area contributed by atoms with Crippen LogP contribution in [0.25, 0.3) is 22.8 Å². The van der Waals surface area contributed by atoms with Crippen molar-refractivity contribution in [2.75, 3.05) is 6.61 Å². The van der Waals surface area contributed by atoms with E-state index in [2.05, 4.69) is 15.5 Å². The molecule has 1 aromatic heterocycles. The van der Waals surface area contributed by atoms with Gasteiger partial charge in [0.1, 0.15) is 5.75 Å². The molecule has 0 aliphatic heterocycles. The number of aromatic nitrogens is 2. The Hall–Kier alpha value is -2.86. The summed E-state index contributed by atoms with van der Waals surface area (Å²) in [5.41, 5.74) is 1.32. The van der Waals surface area contributed by atoms with E-state index in [0.29, 0.717) is 33.6 Å². The van der Waals surface area contributed by atoms with Gasteiger partial charge in [-0.15, -0.1) is 0 Å². The Morgan fingerprint density at radius 2 is 1.79 bits per heavy atom. The number of halogens is 1. The van der Waals surface area contributed by atoms with Crippen LogP contribution in [0.4, 0.5) is 0 Å². The fourth-order valence-corrected chi connectivity index (χ4v) is 3.73. The molecule has 1 saturated carbocycles. The van der Waals surface area contributed by atoms with Crippen LogP contribution >= 0.6 is 11.6 Å². The summed E-state index contributed by atoms with van der Waals surface area (Å²) >= 11 is 6.22. The summed E-state index contributed by atoms with van der Waals surface area (Å²) in [6, 6.07) is 14.8. The van der Waals surface area contributed by atoms with Gasteiger partial charge in [-0.25, -0.2) is 0 Å². The molecule has 0 bridgehead atoms. The van der Waals surface area contributed by atoms with Crippen molar-refractivity contribution in [3.63, 3.8) is 0 Å². The van der Waals surface area contributed by atoms with Gasteiger partial charge in [-0.2, -0.15) is 4.98 Å². The number of ether oxygens (including phenoxy) is 1. The Bertz CT molecular complexity index is 983. The molecule has 6 nitrogen and oxygen atoms in total. The second-order valence-electron chi connectivity index (χ2n) is 7.09. The van der Waals surface area contributed by atoms with Gasteiger partial charge in [0.15, 0.2) is 6.61 Å². The topological polar surface area (TPSA) is 77.2 Å². The number of benzene rings is 2. The molecule has 0 spiro atoms. The van der Waals surface area contributed by atoms with E-state index in [1.54, 1.807) is 12.1 Å². The first kappa shape index (κ1) is 19.5. The molecule has 1 N–H and O–H groups in total. The molecule has 0 atom stereocenters. The average Bonchev–Trinajstić information content (AvgIpc) is 3.23. The predicted octanol–water partition coefficient (Wildman–Crippen LogP) is 4.88. The Balaban J connectivity index is 1.46. The molecule has 1 fully saturated rings. The van der Waals surface area contributed by atoms with Gasteiger partial charge in [0.2, 0.25) is 5.82 Å². The molecule has 1 heterocycles. The van der Waals surface area contributed by atoms with E-state index in [0.717, 1.165) is 12.8 Å². The van der Waals surface area contributed by atoms with Crippen LogP contribution in [0.15, 0.2) is 53.1 Å². The lowest BCUT2D eigenvalue weighted by Crippen LogP contribution is -2.39. The summed E-state index contributed by atoms with van der Waals surface area (Å²) in [7, 11) is 0. The molecule has 0 saturated heterocycles. The lowest BCUT2D eigenvalue weighted by atomic mass is 9.95. The van der Waals surface area contributed by atoms with E-state index >= 15 is 0 Å². The molecule has 0 radical (unpaired) electrons. The summed E-state index contributed by atoms with van der Waals surface area (Å²) in [6.07, 6.45) is 5.65. The summed E-state index contributed by atoms with van der Waals surface area (Å²) in [5.74, 6) is 1.10. The number of amides is 1. The Morgan fingerprint density at radius 3 is 2.59 bits per heavy atom. The number of para-hydroxylation sites is 1. The van der Waals surface area contributed by atoms with Gasteiger partial charge < -0.3 is 14.6 Å². The molecule has 29 heavy (non-hydrogen) atoms. The number of nitrogens with zero attached hydrogens (tertiary/aromatic N) is 2. The van der Waals surface area contributed by atoms with Gasteiger partial charge >= 0.3 is 0 Å². The van der Waals surface area contributed by atoms with E-state index in [4.69, 9.17) is 20.9 Å². The molecule has 3 aromatic rings. The van der Waals surface area contributed by atoms with Crippen LogP contribution in [-0.4, -0.2) is 28.7 Å². The van der Waals surface area contributed by atoms with Crippen LogP contribution in [-0.2, 0) is 4.79 Å². The number of hydrogen-bond acceptors (Lipinski definition) is 5. The largest absolute Gasteiger partial charge is 0.483 e. The zero-order valence-electron chi connectivity index (χ0n) is 15.9. The van der Waals surface area contributed by atoms with E-state index in [-0.39, 0.29) is 18.6 Å². The monoisotopic (exact) mass is 411 g/mol. The first-order valence-electron chi connectivity index (χ1n) is 9.81. The molecule has 4 rings (SSSR count). The van der Waals surface area contributed by atoms with E-state index < -0.39 is 0 Å². The number of nitrogens with one attached hydrogen (secondary N) is 1. The zero-order valence-corrected chi connectivity index (χ0v) is 16.7. The van der Waals surface area contributed by atoms with Crippen molar-refractivity contribution < 1.29 is 14.1 Å². The van der Waals surface area contributed by atoms with Crippen LogP contribution in [0.3, 0.4) is 0 Å². The van der Waals surface area contributed by atoms with E-state index in [1.807, 2.05) is 36.4 Å². The van der Waals surface area contributed by atoms with Crippen LogP contribution < -0.4 is 10.1 Å². The van der Waals surface area contributed by atoms with Crippen LogP contribution in [0.5, 0.6) is 5.75 Å². The van der Waals surface area contributed by atoms with Gasteiger partial charge in [0.25, 0.3) is 11.8 Å². The number of rotatable bonds is 6. The predicted molar refractivity (Wildman–Crippen MR) is 111 cm³/mol. The molecule has 150 valence electrons. The molecule has 1 amide bonds. The van der Waals surface area contributed by atoms with Gasteiger partial charge in [0, 0.05) is 11.6 Å². The second-order valence-corrected chi connectivity index (χ2v) is 7.50. The van der Waals surface area contributed by atoms with Crippen molar-refractivity contribution in [2.24, 2.45) is 0 Å². The number of hydrogen-bond donors (Lipinski definition) is 1. The average molecular weight is 412 g/mol. The minimum Gasteiger partial charge on any atom is -0.483 e. The highest BCUT2D eigenvalue weighted by Gasteiger charge is 2.18. The third kappa shape index (κ3) is 4.77. The minimum atomic E-state index is -0.117. The molecule has 1 aliphatic carbocycles. The number of carbonyl (C=O) groups is 1. The Morgan fingerprint density at radius 1 is 1.07 bits per heavy atom. The first-order valence-corrected chi connectivity index (χ1v) is 10.2. The smallest absolute Gasteiger partial charge is 0.262 e. The SMILES string of the molecule is O=C(COc1ccccc1-c1nc(-c2ccccc2Cl)no1)NC1CCCCC1. The molecular formula is C22H22ClN3O3. The second kappa shape index (κ2) is 9.09. The maximum Gasteiger partial charge on any atom is 0.262 e.